The van der Waals surface area contributed by atoms with Crippen molar-refractivity contribution in [2.24, 2.45) is 10.9 Å². The maximum absolute atomic E-state index is 13.1. The normalized spacial score (nSPS) is 21.4. The molecule has 0 bridgehead atoms. The van der Waals surface area contributed by atoms with Crippen molar-refractivity contribution >= 4 is 34.8 Å². The van der Waals surface area contributed by atoms with Gasteiger partial charge in [-0.1, -0.05) is 0 Å². The number of isothiocyanates is 1. The van der Waals surface area contributed by atoms with Gasteiger partial charge in [0.25, 0.3) is 0 Å². The highest BCUT2D eigenvalue weighted by atomic mass is 32.1. The quantitative estimate of drug-likeness (QED) is 0.663. The van der Waals surface area contributed by atoms with Gasteiger partial charge in [0, 0.05) is 25.3 Å². The minimum atomic E-state index is -4.44. The Bertz CT molecular complexity index is 634. The SMILES string of the molecule is O=C([O-])NC1CC(C(F)(F)F)CN(c2ccncc2N=C=S)C1. The molecule has 1 saturated heterocycles. The van der Waals surface area contributed by atoms with Crippen LogP contribution in [-0.4, -0.2) is 41.5 Å². The van der Waals surface area contributed by atoms with Crippen molar-refractivity contribution in [1.29, 1.82) is 0 Å². The van der Waals surface area contributed by atoms with E-state index in [0.717, 1.165) is 0 Å². The first-order valence-corrected chi connectivity index (χ1v) is 7.03. The van der Waals surface area contributed by atoms with E-state index in [1.807, 2.05) is 5.32 Å². The molecule has 1 amide bonds. The third-order valence-corrected chi connectivity index (χ3v) is 3.61. The predicted molar refractivity (Wildman–Crippen MR) is 77.6 cm³/mol. The van der Waals surface area contributed by atoms with Gasteiger partial charge in [-0.15, -0.1) is 0 Å². The Kier molecular flexibility index (Phi) is 5.17. The maximum Gasteiger partial charge on any atom is 0.393 e. The van der Waals surface area contributed by atoms with Crippen LogP contribution in [0.1, 0.15) is 6.42 Å². The minimum absolute atomic E-state index is 0.0600. The van der Waals surface area contributed by atoms with E-state index in [9.17, 15) is 23.1 Å². The van der Waals surface area contributed by atoms with Crippen LogP contribution in [-0.2, 0) is 0 Å². The summed E-state index contributed by atoms with van der Waals surface area (Å²) in [6.07, 6.45) is -3.62. The number of aliphatic imine (C=N–C) groups is 1. The fraction of sp³-hybridized carbons (Fsp3) is 0.462. The summed E-state index contributed by atoms with van der Waals surface area (Å²) in [6, 6.07) is 0.596. The molecule has 0 saturated carbocycles. The summed E-state index contributed by atoms with van der Waals surface area (Å²) in [5, 5.41) is 14.8. The smallest absolute Gasteiger partial charge is 0.393 e. The molecule has 0 aliphatic carbocycles. The van der Waals surface area contributed by atoms with Crippen molar-refractivity contribution in [3.63, 3.8) is 0 Å². The molecular formula is C13H12F3N4O2S-. The highest BCUT2D eigenvalue weighted by Gasteiger charge is 2.44. The van der Waals surface area contributed by atoms with E-state index >= 15 is 0 Å². The Morgan fingerprint density at radius 2 is 2.26 bits per heavy atom. The summed E-state index contributed by atoms with van der Waals surface area (Å²) in [5.74, 6) is -1.68. The number of pyridine rings is 1. The fourth-order valence-electron chi connectivity index (χ4n) is 2.59. The number of piperidine rings is 1. The van der Waals surface area contributed by atoms with Gasteiger partial charge in [0.1, 0.15) is 11.8 Å². The summed E-state index contributed by atoms with van der Waals surface area (Å²) < 4.78 is 39.3. The number of halogens is 3. The zero-order valence-corrected chi connectivity index (χ0v) is 12.5. The summed E-state index contributed by atoms with van der Waals surface area (Å²) in [5.41, 5.74) is 0.661. The van der Waals surface area contributed by atoms with Crippen LogP contribution in [0.15, 0.2) is 23.5 Å². The number of nitrogens with one attached hydrogen (secondary N) is 1. The highest BCUT2D eigenvalue weighted by molar-refractivity contribution is 7.78. The van der Waals surface area contributed by atoms with E-state index < -0.39 is 24.2 Å². The van der Waals surface area contributed by atoms with Crippen molar-refractivity contribution in [3.05, 3.63) is 18.5 Å². The monoisotopic (exact) mass is 345 g/mol. The van der Waals surface area contributed by atoms with E-state index in [-0.39, 0.29) is 25.2 Å². The lowest BCUT2D eigenvalue weighted by Crippen LogP contribution is -2.56. The second-order valence-electron chi connectivity index (χ2n) is 5.08. The third kappa shape index (κ3) is 4.40. The molecule has 6 nitrogen and oxygen atoms in total. The fourth-order valence-corrected chi connectivity index (χ4v) is 2.68. The van der Waals surface area contributed by atoms with Crippen LogP contribution in [0.25, 0.3) is 0 Å². The average Bonchev–Trinajstić information content (AvgIpc) is 2.46. The number of hydrogen-bond acceptors (Lipinski definition) is 6. The Morgan fingerprint density at radius 1 is 1.52 bits per heavy atom. The van der Waals surface area contributed by atoms with Crippen molar-refractivity contribution in [1.82, 2.24) is 10.3 Å². The molecular weight excluding hydrogens is 333 g/mol. The lowest BCUT2D eigenvalue weighted by atomic mass is 9.93. The van der Waals surface area contributed by atoms with Crippen molar-refractivity contribution in [2.75, 3.05) is 18.0 Å². The Morgan fingerprint density at radius 3 is 2.87 bits per heavy atom. The highest BCUT2D eigenvalue weighted by Crippen LogP contribution is 2.37. The van der Waals surface area contributed by atoms with Gasteiger partial charge in [-0.05, 0) is 24.7 Å². The van der Waals surface area contributed by atoms with E-state index in [1.165, 1.54) is 23.4 Å². The number of hydrogen-bond donors (Lipinski definition) is 1. The second kappa shape index (κ2) is 6.93. The largest absolute Gasteiger partial charge is 0.530 e. The lowest BCUT2D eigenvalue weighted by molar-refractivity contribution is -0.252. The maximum atomic E-state index is 13.1. The van der Waals surface area contributed by atoms with E-state index in [2.05, 4.69) is 27.4 Å². The molecule has 1 aliphatic heterocycles. The van der Waals surface area contributed by atoms with Gasteiger partial charge >= 0.3 is 6.18 Å². The molecule has 0 radical (unpaired) electrons. The molecule has 2 heterocycles. The van der Waals surface area contributed by atoms with Gasteiger partial charge < -0.3 is 20.1 Å². The summed E-state index contributed by atoms with van der Waals surface area (Å²) >= 11 is 4.52. The molecule has 1 aromatic rings. The summed E-state index contributed by atoms with van der Waals surface area (Å²) in [6.45, 7) is -0.247. The van der Waals surface area contributed by atoms with Crippen molar-refractivity contribution < 1.29 is 23.1 Å². The van der Waals surface area contributed by atoms with Crippen molar-refractivity contribution in [2.45, 2.75) is 18.6 Å². The second-order valence-corrected chi connectivity index (χ2v) is 5.26. The Hall–Kier alpha value is -2.19. The van der Waals surface area contributed by atoms with Gasteiger partial charge in [0.15, 0.2) is 0 Å². The number of carbonyl (C=O) groups excluding carboxylic acids is 1. The van der Waals surface area contributed by atoms with E-state index in [0.29, 0.717) is 5.69 Å². The molecule has 2 unspecified atom stereocenters. The lowest BCUT2D eigenvalue weighted by Gasteiger charge is -2.40. The van der Waals surface area contributed by atoms with Crippen LogP contribution in [0, 0.1) is 5.92 Å². The number of nitrogens with zero attached hydrogens (tertiary/aromatic N) is 3. The Balaban J connectivity index is 2.32. The van der Waals surface area contributed by atoms with Gasteiger partial charge in [-0.25, -0.2) is 0 Å². The van der Waals surface area contributed by atoms with Gasteiger partial charge in [-0.2, -0.15) is 18.2 Å². The zero-order valence-electron chi connectivity index (χ0n) is 11.7. The first-order valence-electron chi connectivity index (χ1n) is 6.62. The number of alkyl halides is 3. The first-order chi connectivity index (χ1) is 10.8. The number of anilines is 1. The molecule has 2 atom stereocenters. The molecule has 10 heteroatoms. The van der Waals surface area contributed by atoms with Crippen molar-refractivity contribution in [3.8, 4) is 0 Å². The van der Waals surface area contributed by atoms with E-state index in [1.54, 1.807) is 0 Å². The number of aromatic nitrogens is 1. The standard InChI is InChI=1S/C13H13F3N4O2S/c14-13(15,16)8-3-9(19-12(21)22)6-20(5-8)11-1-2-17-4-10(11)18-7-23/h1-2,4,8-9,19H,3,5-6H2,(H,21,22)/p-1. The zero-order chi connectivity index (χ0) is 17.0. The van der Waals surface area contributed by atoms with Gasteiger partial charge in [0.05, 0.1) is 23.0 Å². The molecule has 124 valence electrons. The molecule has 23 heavy (non-hydrogen) atoms. The molecule has 1 aliphatic rings. The molecule has 2 rings (SSSR count). The molecule has 0 aromatic carbocycles. The van der Waals surface area contributed by atoms with Crippen LogP contribution in [0.5, 0.6) is 0 Å². The first kappa shape index (κ1) is 17.2. The van der Waals surface area contributed by atoms with E-state index in [4.69, 9.17) is 0 Å². The van der Waals surface area contributed by atoms with Crippen LogP contribution in [0.2, 0.25) is 0 Å². The molecule has 1 N–H and O–H groups in total. The van der Waals surface area contributed by atoms with Crippen LogP contribution in [0.4, 0.5) is 29.3 Å². The van der Waals surface area contributed by atoms with Gasteiger partial charge in [-0.3, -0.25) is 4.98 Å². The van der Waals surface area contributed by atoms with Crippen LogP contribution < -0.4 is 15.3 Å². The number of rotatable bonds is 3. The summed E-state index contributed by atoms with van der Waals surface area (Å²) in [4.78, 5) is 19.7. The summed E-state index contributed by atoms with van der Waals surface area (Å²) in [7, 11) is 0. The van der Waals surface area contributed by atoms with Crippen LogP contribution in [0.3, 0.4) is 0 Å². The minimum Gasteiger partial charge on any atom is -0.530 e. The number of amides is 1. The average molecular weight is 345 g/mol. The number of carboxylic acid groups (broad SMARTS) is 1. The van der Waals surface area contributed by atoms with Crippen LogP contribution >= 0.6 is 12.2 Å². The molecule has 1 fully saturated rings. The number of thiocarbonyl (C=S) groups is 1. The Labute approximate surface area is 135 Å². The topological polar surface area (TPSA) is 80.6 Å². The third-order valence-electron chi connectivity index (χ3n) is 3.52. The molecule has 0 spiro atoms. The number of carbonyl (C=O) groups is 1. The van der Waals surface area contributed by atoms with Gasteiger partial charge in [0.2, 0.25) is 0 Å². The predicted octanol–water partition coefficient (Wildman–Crippen LogP) is 1.51. The molecule has 1 aromatic heterocycles.